The van der Waals surface area contributed by atoms with Gasteiger partial charge in [0.2, 0.25) is 0 Å². The third-order valence-electron chi connectivity index (χ3n) is 1.91. The summed E-state index contributed by atoms with van der Waals surface area (Å²) in [4.78, 5) is 0. The van der Waals surface area contributed by atoms with Crippen molar-refractivity contribution >= 4 is 8.15 Å². The summed E-state index contributed by atoms with van der Waals surface area (Å²) in [6, 6.07) is 6.38. The van der Waals surface area contributed by atoms with Crippen molar-refractivity contribution in [2.75, 3.05) is 0 Å². The molecule has 0 radical (unpaired) electrons. The van der Waals surface area contributed by atoms with Crippen LogP contribution in [0.5, 0.6) is 0 Å². The van der Waals surface area contributed by atoms with Crippen LogP contribution in [-0.2, 0) is 17.7 Å². The van der Waals surface area contributed by atoms with E-state index in [1.165, 1.54) is 12.1 Å². The molecule has 0 aliphatic rings. The zero-order valence-corrected chi connectivity index (χ0v) is 10.7. The first-order chi connectivity index (χ1) is 8.06. The second kappa shape index (κ2) is 4.98. The zero-order chi connectivity index (χ0) is 12.4. The van der Waals surface area contributed by atoms with Gasteiger partial charge >= 0.3 is 103 Å². The van der Waals surface area contributed by atoms with Crippen molar-refractivity contribution in [3.8, 4) is 0 Å². The molecule has 0 saturated carbocycles. The van der Waals surface area contributed by atoms with Crippen LogP contribution in [0.3, 0.4) is 0 Å². The van der Waals surface area contributed by atoms with E-state index in [1.807, 2.05) is 0 Å². The monoisotopic (exact) mass is 419 g/mol. The van der Waals surface area contributed by atoms with Gasteiger partial charge in [-0.2, -0.15) is 0 Å². The summed E-state index contributed by atoms with van der Waals surface area (Å²) in [6.45, 7) is 0. The van der Waals surface area contributed by atoms with Gasteiger partial charge in [-0.25, -0.2) is 0 Å². The molecule has 0 aliphatic carbocycles. The fourth-order valence-electron chi connectivity index (χ4n) is 1.16. The summed E-state index contributed by atoms with van der Waals surface area (Å²) >= 11 is -1.27. The molecule has 5 heteroatoms. The summed E-state index contributed by atoms with van der Waals surface area (Å²) < 4.78 is 52.6. The van der Waals surface area contributed by atoms with Gasteiger partial charge in [0.25, 0.3) is 0 Å². The molecule has 0 bridgehead atoms. The number of benzene rings is 2. The molecule has 0 aromatic heterocycles. The van der Waals surface area contributed by atoms with Gasteiger partial charge in [0.15, 0.2) is 0 Å². The van der Waals surface area contributed by atoms with E-state index in [0.717, 1.165) is 24.3 Å². The van der Waals surface area contributed by atoms with Gasteiger partial charge < -0.3 is 0 Å². The summed E-state index contributed by atoms with van der Waals surface area (Å²) in [6.07, 6.45) is 0. The number of rotatable bonds is 2. The van der Waals surface area contributed by atoms with E-state index >= 15 is 0 Å². The van der Waals surface area contributed by atoms with Crippen LogP contribution in [0.25, 0.3) is 0 Å². The Hall–Kier alpha value is -1.19. The molecular weight excluding hydrogens is 412 g/mol. The Morgan fingerprint density at radius 3 is 1.41 bits per heavy atom. The fourth-order valence-corrected chi connectivity index (χ4v) is 3.57. The van der Waals surface area contributed by atoms with E-state index in [0.29, 0.717) is 0 Å². The molecule has 0 fully saturated rings. The quantitative estimate of drug-likeness (QED) is 0.657. The molecule has 2 aromatic rings. The van der Waals surface area contributed by atoms with Crippen LogP contribution in [0, 0.1) is 23.3 Å². The van der Waals surface area contributed by atoms with Gasteiger partial charge in [-0.05, 0) is 0 Å². The molecule has 0 heterocycles. The van der Waals surface area contributed by atoms with Gasteiger partial charge in [0.05, 0.1) is 0 Å². The minimum atomic E-state index is -1.27. The van der Waals surface area contributed by atoms with Crippen molar-refractivity contribution in [2.45, 2.75) is 0 Å². The average Bonchev–Trinajstić information content (AvgIpc) is 2.25. The van der Waals surface area contributed by atoms with Crippen molar-refractivity contribution < 1.29 is 35.3 Å². The first-order valence-electron chi connectivity index (χ1n) is 4.57. The van der Waals surface area contributed by atoms with Crippen molar-refractivity contribution in [2.24, 2.45) is 0 Å². The molecule has 0 atom stereocenters. The van der Waals surface area contributed by atoms with Gasteiger partial charge in [-0.15, -0.1) is 0 Å². The van der Waals surface area contributed by atoms with Crippen LogP contribution >= 0.6 is 0 Å². The Bertz CT molecular complexity index is 505. The molecule has 0 amide bonds. The molecule has 0 N–H and O–H groups in total. The third kappa shape index (κ3) is 2.93. The molecule has 0 spiro atoms. The second-order valence-electron chi connectivity index (χ2n) is 3.15. The Morgan fingerprint density at radius 2 is 1.06 bits per heavy atom. The van der Waals surface area contributed by atoms with Gasteiger partial charge in [0, 0.05) is 0 Å². The fraction of sp³-hybridized carbons (Fsp3) is 0. The van der Waals surface area contributed by atoms with Crippen LogP contribution in [0.1, 0.15) is 0 Å². The summed E-state index contributed by atoms with van der Waals surface area (Å²) in [5.41, 5.74) is 0. The number of halogens is 4. The third-order valence-corrected chi connectivity index (χ3v) is 5.14. The van der Waals surface area contributed by atoms with Gasteiger partial charge in [0.1, 0.15) is 0 Å². The van der Waals surface area contributed by atoms with Crippen LogP contribution in [0.2, 0.25) is 0 Å². The molecule has 0 nitrogen and oxygen atoms in total. The van der Waals surface area contributed by atoms with E-state index in [1.54, 1.807) is 0 Å². The van der Waals surface area contributed by atoms with E-state index in [9.17, 15) is 17.6 Å². The maximum atomic E-state index is 13.3. The zero-order valence-electron chi connectivity index (χ0n) is 8.31. The number of hydrogen-bond acceptors (Lipinski definition) is 0. The predicted molar refractivity (Wildman–Crippen MR) is 52.0 cm³/mol. The van der Waals surface area contributed by atoms with E-state index in [4.69, 9.17) is 0 Å². The van der Waals surface area contributed by atoms with Crippen LogP contribution < -0.4 is 8.15 Å². The normalized spacial score (nSPS) is 10.8. The minimum absolute atomic E-state index is 0.289. The maximum absolute atomic E-state index is 13.3. The molecule has 0 saturated heterocycles. The molecule has 2 rings (SSSR count). The van der Waals surface area contributed by atoms with Crippen molar-refractivity contribution in [1.29, 1.82) is 0 Å². The molecule has 0 unspecified atom stereocenters. The van der Waals surface area contributed by atoms with Crippen molar-refractivity contribution in [3.05, 3.63) is 59.7 Å². The molecule has 90 valence electrons. The van der Waals surface area contributed by atoms with Gasteiger partial charge in [-0.1, -0.05) is 0 Å². The van der Waals surface area contributed by atoms with Crippen molar-refractivity contribution in [1.82, 2.24) is 0 Å². The van der Waals surface area contributed by atoms with E-state index in [-0.39, 0.29) is 8.15 Å². The van der Waals surface area contributed by atoms with Crippen LogP contribution in [0.15, 0.2) is 36.4 Å². The SMILES string of the molecule is Fc1cc[c]([Ir+][c]2ccc(F)cc2F)c(F)c1. The van der Waals surface area contributed by atoms with E-state index in [2.05, 4.69) is 0 Å². The summed E-state index contributed by atoms with van der Waals surface area (Å²) in [5, 5.41) is 0. The molecule has 17 heavy (non-hydrogen) atoms. The first-order valence-corrected chi connectivity index (χ1v) is 6.96. The summed E-state index contributed by atoms with van der Waals surface area (Å²) in [7, 11) is 0. The topological polar surface area (TPSA) is 0 Å². The first kappa shape index (κ1) is 12.3. The molecular formula is C12H6F4Ir+. The van der Waals surface area contributed by atoms with Crippen molar-refractivity contribution in [3.63, 3.8) is 0 Å². The second-order valence-corrected chi connectivity index (χ2v) is 6.33. The van der Waals surface area contributed by atoms with Crippen LogP contribution in [0.4, 0.5) is 17.6 Å². The Kier molecular flexibility index (Phi) is 3.60. The van der Waals surface area contributed by atoms with Gasteiger partial charge in [-0.3, -0.25) is 0 Å². The van der Waals surface area contributed by atoms with E-state index < -0.39 is 41.0 Å². The summed E-state index contributed by atoms with van der Waals surface area (Å²) in [5.74, 6) is -2.71. The molecule has 2 aromatic carbocycles. The standard InChI is InChI=1S/2C6H3F2.Ir/c2*7-5-2-1-3-6(8)4-5;/h2*1-2,4H;/q;;+1. The molecule has 0 aliphatic heterocycles. The predicted octanol–water partition coefficient (Wildman–Crippen LogP) is 2.28. The number of hydrogen-bond donors (Lipinski definition) is 0. The Morgan fingerprint density at radius 1 is 0.647 bits per heavy atom. The Labute approximate surface area is 103 Å². The van der Waals surface area contributed by atoms with Crippen LogP contribution in [-0.4, -0.2) is 0 Å². The average molecular weight is 418 g/mol. The Balaban J connectivity index is 2.31.